The third-order valence-electron chi connectivity index (χ3n) is 3.42. The zero-order valence-corrected chi connectivity index (χ0v) is 11.5. The molecule has 0 spiro atoms. The molecule has 2 heterocycles. The maximum absolute atomic E-state index is 11.7. The molecular formula is C16H15N3O2. The Morgan fingerprint density at radius 1 is 1.10 bits per heavy atom. The van der Waals surface area contributed by atoms with E-state index in [1.54, 1.807) is 6.20 Å². The van der Waals surface area contributed by atoms with Crippen molar-refractivity contribution in [3.63, 3.8) is 0 Å². The van der Waals surface area contributed by atoms with Gasteiger partial charge in [0.15, 0.2) is 0 Å². The van der Waals surface area contributed by atoms with E-state index in [4.69, 9.17) is 0 Å². The second-order valence-electron chi connectivity index (χ2n) is 4.90. The number of pyridine rings is 1. The Bertz CT molecular complexity index is 653. The maximum Gasteiger partial charge on any atom is 0.312 e. The molecule has 0 unspecified atom stereocenters. The lowest BCUT2D eigenvalue weighted by molar-refractivity contribution is -0.148. The summed E-state index contributed by atoms with van der Waals surface area (Å²) in [6, 6.07) is 13.8. The van der Waals surface area contributed by atoms with Gasteiger partial charge in [0.1, 0.15) is 0 Å². The van der Waals surface area contributed by atoms with E-state index in [9.17, 15) is 9.59 Å². The highest BCUT2D eigenvalue weighted by Gasteiger charge is 2.25. The molecule has 1 N–H and O–H groups in total. The van der Waals surface area contributed by atoms with Crippen molar-refractivity contribution in [3.8, 4) is 11.3 Å². The minimum Gasteiger partial charge on any atom is -0.346 e. The lowest BCUT2D eigenvalue weighted by atomic mass is 10.1. The summed E-state index contributed by atoms with van der Waals surface area (Å²) in [4.78, 5) is 29.0. The van der Waals surface area contributed by atoms with Gasteiger partial charge in [-0.05, 0) is 11.6 Å². The van der Waals surface area contributed by atoms with Crippen LogP contribution < -0.4 is 5.32 Å². The van der Waals surface area contributed by atoms with Crippen molar-refractivity contribution >= 4 is 11.8 Å². The first kappa shape index (κ1) is 13.3. The monoisotopic (exact) mass is 281 g/mol. The van der Waals surface area contributed by atoms with E-state index in [0.29, 0.717) is 19.6 Å². The molecular weight excluding hydrogens is 266 g/mol. The zero-order valence-electron chi connectivity index (χ0n) is 11.5. The molecule has 5 heteroatoms. The second kappa shape index (κ2) is 5.75. The molecule has 1 saturated heterocycles. The third-order valence-corrected chi connectivity index (χ3v) is 3.42. The molecule has 0 atom stereocenters. The Morgan fingerprint density at radius 3 is 2.62 bits per heavy atom. The molecule has 1 aromatic heterocycles. The van der Waals surface area contributed by atoms with E-state index in [0.717, 1.165) is 16.8 Å². The number of hydrogen-bond donors (Lipinski definition) is 1. The lowest BCUT2D eigenvalue weighted by Crippen LogP contribution is -2.51. The average Bonchev–Trinajstić information content (AvgIpc) is 2.53. The minimum atomic E-state index is -0.532. The van der Waals surface area contributed by atoms with Gasteiger partial charge in [0, 0.05) is 31.4 Å². The predicted molar refractivity (Wildman–Crippen MR) is 78.1 cm³/mol. The van der Waals surface area contributed by atoms with E-state index in [2.05, 4.69) is 10.3 Å². The molecule has 0 radical (unpaired) electrons. The highest BCUT2D eigenvalue weighted by atomic mass is 16.2. The predicted octanol–water partition coefficient (Wildman–Crippen LogP) is 1.21. The molecule has 1 aliphatic rings. The standard InChI is InChI=1S/C16H15N3O2/c20-15-16(21)19(9-8-17-15)11-12-6-7-14(18-10-12)13-4-2-1-3-5-13/h1-7,10H,8-9,11H2,(H,17,20). The molecule has 0 aliphatic carbocycles. The van der Waals surface area contributed by atoms with Crippen molar-refractivity contribution in [2.75, 3.05) is 13.1 Å². The van der Waals surface area contributed by atoms with Crippen LogP contribution in [0.3, 0.4) is 0 Å². The van der Waals surface area contributed by atoms with Crippen LogP contribution in [0.1, 0.15) is 5.56 Å². The quantitative estimate of drug-likeness (QED) is 0.860. The van der Waals surface area contributed by atoms with Crippen LogP contribution in [0.2, 0.25) is 0 Å². The van der Waals surface area contributed by atoms with Gasteiger partial charge in [-0.2, -0.15) is 0 Å². The van der Waals surface area contributed by atoms with Crippen molar-refractivity contribution in [3.05, 3.63) is 54.2 Å². The summed E-state index contributed by atoms with van der Waals surface area (Å²) in [5.74, 6) is -1.01. The lowest BCUT2D eigenvalue weighted by Gasteiger charge is -2.26. The number of hydrogen-bond acceptors (Lipinski definition) is 3. The van der Waals surface area contributed by atoms with Gasteiger partial charge in [0.25, 0.3) is 0 Å². The molecule has 1 fully saturated rings. The molecule has 1 aromatic carbocycles. The number of aromatic nitrogens is 1. The van der Waals surface area contributed by atoms with Crippen molar-refractivity contribution in [1.29, 1.82) is 0 Å². The average molecular weight is 281 g/mol. The van der Waals surface area contributed by atoms with E-state index in [1.165, 1.54) is 4.90 Å². The minimum absolute atomic E-state index is 0.411. The topological polar surface area (TPSA) is 62.3 Å². The first-order chi connectivity index (χ1) is 10.2. The first-order valence-corrected chi connectivity index (χ1v) is 6.81. The van der Waals surface area contributed by atoms with Crippen molar-refractivity contribution in [1.82, 2.24) is 15.2 Å². The Morgan fingerprint density at radius 2 is 1.90 bits per heavy atom. The third kappa shape index (κ3) is 2.91. The smallest absolute Gasteiger partial charge is 0.312 e. The Kier molecular flexibility index (Phi) is 3.64. The number of amides is 2. The Balaban J connectivity index is 1.73. The van der Waals surface area contributed by atoms with Crippen LogP contribution in [0.4, 0.5) is 0 Å². The SMILES string of the molecule is O=C1NCCN(Cc2ccc(-c3ccccc3)nc2)C1=O. The fraction of sp³-hybridized carbons (Fsp3) is 0.188. The summed E-state index contributed by atoms with van der Waals surface area (Å²) in [6.45, 7) is 1.44. The highest BCUT2D eigenvalue weighted by molar-refractivity contribution is 6.35. The first-order valence-electron chi connectivity index (χ1n) is 6.81. The number of rotatable bonds is 3. The highest BCUT2D eigenvalue weighted by Crippen LogP contribution is 2.17. The second-order valence-corrected chi connectivity index (χ2v) is 4.90. The number of carbonyl (C=O) groups is 2. The molecule has 21 heavy (non-hydrogen) atoms. The van der Waals surface area contributed by atoms with Crippen molar-refractivity contribution in [2.24, 2.45) is 0 Å². The molecule has 3 rings (SSSR count). The van der Waals surface area contributed by atoms with Crippen molar-refractivity contribution < 1.29 is 9.59 Å². The number of benzene rings is 1. The van der Waals surface area contributed by atoms with Gasteiger partial charge in [-0.1, -0.05) is 36.4 Å². The maximum atomic E-state index is 11.7. The normalized spacial score (nSPS) is 15.0. The molecule has 106 valence electrons. The molecule has 2 amide bonds. The Hall–Kier alpha value is -2.69. The molecule has 5 nitrogen and oxygen atoms in total. The number of nitrogens with zero attached hydrogens (tertiary/aromatic N) is 2. The zero-order chi connectivity index (χ0) is 14.7. The summed E-state index contributed by atoms with van der Waals surface area (Å²) in [5, 5.41) is 2.53. The van der Waals surface area contributed by atoms with Gasteiger partial charge in [0.05, 0.1) is 5.69 Å². The van der Waals surface area contributed by atoms with E-state index in [-0.39, 0.29) is 0 Å². The van der Waals surface area contributed by atoms with Crippen LogP contribution >= 0.6 is 0 Å². The van der Waals surface area contributed by atoms with Gasteiger partial charge in [-0.25, -0.2) is 0 Å². The number of nitrogens with one attached hydrogen (secondary N) is 1. The molecule has 0 bridgehead atoms. The van der Waals surface area contributed by atoms with Crippen LogP contribution in [0.15, 0.2) is 48.7 Å². The van der Waals surface area contributed by atoms with Gasteiger partial charge in [0.2, 0.25) is 0 Å². The largest absolute Gasteiger partial charge is 0.346 e. The van der Waals surface area contributed by atoms with E-state index < -0.39 is 11.8 Å². The van der Waals surface area contributed by atoms with Gasteiger partial charge >= 0.3 is 11.8 Å². The van der Waals surface area contributed by atoms with Gasteiger partial charge in [-0.15, -0.1) is 0 Å². The van der Waals surface area contributed by atoms with Crippen LogP contribution in [0.25, 0.3) is 11.3 Å². The summed E-state index contributed by atoms with van der Waals surface area (Å²) in [7, 11) is 0. The Labute approximate surface area is 122 Å². The van der Waals surface area contributed by atoms with Crippen LogP contribution in [0.5, 0.6) is 0 Å². The summed E-state index contributed by atoms with van der Waals surface area (Å²) >= 11 is 0. The van der Waals surface area contributed by atoms with Gasteiger partial charge < -0.3 is 10.2 Å². The number of piperazine rings is 1. The fourth-order valence-electron chi connectivity index (χ4n) is 2.29. The van der Waals surface area contributed by atoms with E-state index >= 15 is 0 Å². The van der Waals surface area contributed by atoms with Crippen LogP contribution in [-0.2, 0) is 16.1 Å². The van der Waals surface area contributed by atoms with Gasteiger partial charge in [-0.3, -0.25) is 14.6 Å². The summed E-state index contributed by atoms with van der Waals surface area (Å²) < 4.78 is 0. The van der Waals surface area contributed by atoms with Crippen LogP contribution in [-0.4, -0.2) is 34.8 Å². The molecule has 0 saturated carbocycles. The number of carbonyl (C=O) groups excluding carboxylic acids is 2. The van der Waals surface area contributed by atoms with Crippen molar-refractivity contribution in [2.45, 2.75) is 6.54 Å². The van der Waals surface area contributed by atoms with E-state index in [1.807, 2.05) is 42.5 Å². The van der Waals surface area contributed by atoms with Crippen LogP contribution in [0, 0.1) is 0 Å². The molecule has 2 aromatic rings. The summed E-state index contributed by atoms with van der Waals surface area (Å²) in [6.07, 6.45) is 1.75. The summed E-state index contributed by atoms with van der Waals surface area (Å²) in [5.41, 5.74) is 2.86. The molecule has 1 aliphatic heterocycles. The fourth-order valence-corrected chi connectivity index (χ4v) is 2.29.